The van der Waals surface area contributed by atoms with Crippen LogP contribution in [0.5, 0.6) is 5.75 Å². The highest BCUT2D eigenvalue weighted by atomic mass is 32.2. The lowest BCUT2D eigenvalue weighted by atomic mass is 10.2. The molecule has 0 spiro atoms. The first-order valence-corrected chi connectivity index (χ1v) is 9.60. The Morgan fingerprint density at radius 1 is 1.08 bits per heavy atom. The van der Waals surface area contributed by atoms with Crippen molar-refractivity contribution in [2.45, 2.75) is 13.3 Å². The third-order valence-corrected chi connectivity index (χ3v) is 4.84. The van der Waals surface area contributed by atoms with Crippen molar-refractivity contribution < 1.29 is 23.6 Å². The summed E-state index contributed by atoms with van der Waals surface area (Å²) in [7, 11) is -1.28. The number of rotatable bonds is 9. The van der Waals surface area contributed by atoms with Gasteiger partial charge in [-0.1, -0.05) is 17.7 Å². The van der Waals surface area contributed by atoms with Gasteiger partial charge in [0, 0.05) is 22.2 Å². The van der Waals surface area contributed by atoms with E-state index in [1.807, 2.05) is 31.2 Å². The van der Waals surface area contributed by atoms with Gasteiger partial charge in [0.05, 0.1) is 12.2 Å². The number of carboxylic acid groups (broad SMARTS) is 1. The monoisotopic (exact) mass is 375 g/mol. The molecule has 6 nitrogen and oxygen atoms in total. The molecule has 0 radical (unpaired) electrons. The fraction of sp³-hybridized carbons (Fsp3) is 0.263. The maximum Gasteiger partial charge on any atom is 0.335 e. The highest BCUT2D eigenvalue weighted by Crippen LogP contribution is 2.12. The van der Waals surface area contributed by atoms with E-state index in [9.17, 15) is 13.8 Å². The second-order valence-corrected chi connectivity index (χ2v) is 7.31. The minimum Gasteiger partial charge on any atom is -0.494 e. The van der Waals surface area contributed by atoms with Crippen molar-refractivity contribution in [1.82, 2.24) is 0 Å². The van der Waals surface area contributed by atoms with Crippen LogP contribution < -0.4 is 10.1 Å². The van der Waals surface area contributed by atoms with E-state index in [2.05, 4.69) is 5.32 Å². The van der Waals surface area contributed by atoms with Crippen molar-refractivity contribution in [1.29, 1.82) is 0 Å². The number of nitrogens with one attached hydrogen (secondary N) is 1. The molecule has 0 aromatic heterocycles. The van der Waals surface area contributed by atoms with E-state index in [1.165, 1.54) is 24.3 Å². The summed E-state index contributed by atoms with van der Waals surface area (Å²) < 4.78 is 17.5. The van der Waals surface area contributed by atoms with Gasteiger partial charge in [-0.05, 0) is 49.7 Å². The smallest absolute Gasteiger partial charge is 0.335 e. The van der Waals surface area contributed by atoms with E-state index in [-0.39, 0.29) is 17.2 Å². The summed E-state index contributed by atoms with van der Waals surface area (Å²) >= 11 is 0. The number of hydrogen-bond donors (Lipinski definition) is 2. The van der Waals surface area contributed by atoms with Crippen LogP contribution in [-0.2, 0) is 15.6 Å². The van der Waals surface area contributed by atoms with Gasteiger partial charge in [-0.15, -0.1) is 0 Å². The molecule has 1 amide bonds. The lowest BCUT2D eigenvalue weighted by Crippen LogP contribution is -2.21. The van der Waals surface area contributed by atoms with Gasteiger partial charge >= 0.3 is 5.97 Å². The van der Waals surface area contributed by atoms with Crippen LogP contribution in [0.15, 0.2) is 48.5 Å². The molecule has 0 fully saturated rings. The number of hydrogen-bond acceptors (Lipinski definition) is 4. The van der Waals surface area contributed by atoms with E-state index in [1.54, 1.807) is 0 Å². The normalized spacial score (nSPS) is 11.6. The van der Waals surface area contributed by atoms with Crippen molar-refractivity contribution in [3.63, 3.8) is 0 Å². The summed E-state index contributed by atoms with van der Waals surface area (Å²) in [5.74, 6) is -0.366. The molecule has 0 aliphatic rings. The lowest BCUT2D eigenvalue weighted by Gasteiger charge is -2.07. The Morgan fingerprint density at radius 2 is 1.73 bits per heavy atom. The molecule has 0 saturated heterocycles. The predicted molar refractivity (Wildman–Crippen MR) is 101 cm³/mol. The molecule has 26 heavy (non-hydrogen) atoms. The van der Waals surface area contributed by atoms with Gasteiger partial charge in [-0.3, -0.25) is 9.00 Å². The van der Waals surface area contributed by atoms with E-state index >= 15 is 0 Å². The molecular weight excluding hydrogens is 354 g/mol. The van der Waals surface area contributed by atoms with Crippen LogP contribution in [0.1, 0.15) is 22.3 Å². The predicted octanol–water partition coefficient (Wildman–Crippen LogP) is 2.85. The number of ether oxygens (including phenoxy) is 1. The fourth-order valence-corrected chi connectivity index (χ4v) is 3.10. The van der Waals surface area contributed by atoms with Crippen LogP contribution in [0.25, 0.3) is 0 Å². The van der Waals surface area contributed by atoms with E-state index in [4.69, 9.17) is 9.84 Å². The molecule has 0 aliphatic carbocycles. The zero-order chi connectivity index (χ0) is 18.9. The zero-order valence-electron chi connectivity index (χ0n) is 14.4. The topological polar surface area (TPSA) is 92.7 Å². The van der Waals surface area contributed by atoms with Gasteiger partial charge < -0.3 is 15.2 Å². The number of amides is 1. The number of aryl methyl sites for hydroxylation is 1. The van der Waals surface area contributed by atoms with Crippen molar-refractivity contribution >= 4 is 28.4 Å². The van der Waals surface area contributed by atoms with Crippen LogP contribution in [0, 0.1) is 6.92 Å². The molecule has 7 heteroatoms. The number of carbonyl (C=O) groups is 2. The number of carbonyl (C=O) groups excluding carboxylic acids is 1. The van der Waals surface area contributed by atoms with Crippen LogP contribution in [0.3, 0.4) is 0 Å². The Hall–Kier alpha value is -2.67. The van der Waals surface area contributed by atoms with Gasteiger partial charge in [0.2, 0.25) is 5.91 Å². The Bertz CT molecular complexity index is 772. The van der Waals surface area contributed by atoms with Crippen molar-refractivity contribution in [2.75, 3.05) is 23.4 Å². The summed E-state index contributed by atoms with van der Waals surface area (Å²) in [6.07, 6.45) is 0.584. The standard InChI is InChI=1S/C19H21NO5S/c1-14-3-9-17(10-4-14)25-11-2-12-26(24)13-18(21)20-16-7-5-15(6-8-16)19(22)23/h3-10H,2,11-13H2,1H3,(H,20,21)(H,22,23). The molecule has 2 N–H and O–H groups in total. The van der Waals surface area contributed by atoms with Gasteiger partial charge in [-0.2, -0.15) is 0 Å². The molecular formula is C19H21NO5S. The van der Waals surface area contributed by atoms with Crippen molar-refractivity contribution in [3.8, 4) is 5.75 Å². The van der Waals surface area contributed by atoms with E-state index in [0.29, 0.717) is 24.5 Å². The van der Waals surface area contributed by atoms with Gasteiger partial charge in [0.1, 0.15) is 11.5 Å². The van der Waals surface area contributed by atoms with Gasteiger partial charge in [0.25, 0.3) is 0 Å². The van der Waals surface area contributed by atoms with Crippen LogP contribution in [-0.4, -0.2) is 39.3 Å². The summed E-state index contributed by atoms with van der Waals surface area (Å²) in [6, 6.07) is 13.5. The van der Waals surface area contributed by atoms with Crippen molar-refractivity contribution in [3.05, 3.63) is 59.7 Å². The maximum atomic E-state index is 12.0. The summed E-state index contributed by atoms with van der Waals surface area (Å²) in [4.78, 5) is 22.6. The van der Waals surface area contributed by atoms with Crippen molar-refractivity contribution in [2.24, 2.45) is 0 Å². The average Bonchev–Trinajstić information content (AvgIpc) is 2.60. The lowest BCUT2D eigenvalue weighted by molar-refractivity contribution is -0.113. The first-order valence-electron chi connectivity index (χ1n) is 8.11. The van der Waals surface area contributed by atoms with E-state index < -0.39 is 16.8 Å². The molecule has 0 aliphatic heterocycles. The van der Waals surface area contributed by atoms with Gasteiger partial charge in [0.15, 0.2) is 0 Å². The number of aromatic carboxylic acids is 1. The molecule has 2 aromatic carbocycles. The highest BCUT2D eigenvalue weighted by molar-refractivity contribution is 7.85. The van der Waals surface area contributed by atoms with Crippen LogP contribution in [0.2, 0.25) is 0 Å². The zero-order valence-corrected chi connectivity index (χ0v) is 15.3. The summed E-state index contributed by atoms with van der Waals surface area (Å²) in [5, 5.41) is 11.4. The minimum absolute atomic E-state index is 0.106. The Kier molecular flexibility index (Phi) is 7.35. The fourth-order valence-electron chi connectivity index (χ4n) is 2.16. The largest absolute Gasteiger partial charge is 0.494 e. The molecule has 1 atom stereocenters. The Morgan fingerprint density at radius 3 is 2.35 bits per heavy atom. The number of carboxylic acids is 1. The third kappa shape index (κ3) is 6.68. The Balaban J connectivity index is 1.67. The second kappa shape index (κ2) is 9.72. The summed E-state index contributed by atoms with van der Waals surface area (Å²) in [5.41, 5.74) is 1.77. The van der Waals surface area contributed by atoms with Crippen LogP contribution >= 0.6 is 0 Å². The highest BCUT2D eigenvalue weighted by Gasteiger charge is 2.09. The molecule has 0 heterocycles. The summed E-state index contributed by atoms with van der Waals surface area (Å²) in [6.45, 7) is 2.44. The van der Waals surface area contributed by atoms with Crippen LogP contribution in [0.4, 0.5) is 5.69 Å². The maximum absolute atomic E-state index is 12.0. The SMILES string of the molecule is Cc1ccc(OCCCS(=O)CC(=O)Nc2ccc(C(=O)O)cc2)cc1. The third-order valence-electron chi connectivity index (χ3n) is 3.51. The molecule has 0 bridgehead atoms. The quantitative estimate of drug-likeness (QED) is 0.658. The number of benzene rings is 2. The Labute approximate surface area is 154 Å². The molecule has 2 rings (SSSR count). The second-order valence-electron chi connectivity index (χ2n) is 5.73. The average molecular weight is 375 g/mol. The first-order chi connectivity index (χ1) is 12.4. The minimum atomic E-state index is -1.28. The molecule has 0 saturated carbocycles. The molecule has 2 aromatic rings. The first kappa shape index (κ1) is 19.7. The number of anilines is 1. The van der Waals surface area contributed by atoms with E-state index in [0.717, 1.165) is 11.3 Å². The molecule has 1 unspecified atom stereocenters. The van der Waals surface area contributed by atoms with Gasteiger partial charge in [-0.25, -0.2) is 4.79 Å². The molecule has 138 valence electrons.